The van der Waals surface area contributed by atoms with Crippen molar-refractivity contribution in [2.75, 3.05) is 5.32 Å². The molecule has 9 heteroatoms. The van der Waals surface area contributed by atoms with Crippen LogP contribution in [-0.2, 0) is 17.8 Å². The lowest BCUT2D eigenvalue weighted by Crippen LogP contribution is -2.00. The number of tetrazole rings is 1. The highest BCUT2D eigenvalue weighted by Gasteiger charge is 2.11. The Morgan fingerprint density at radius 3 is 2.51 bits per heavy atom. The van der Waals surface area contributed by atoms with Gasteiger partial charge >= 0.3 is 0 Å². The highest BCUT2D eigenvalue weighted by molar-refractivity contribution is 5.90. The zero-order valence-electron chi connectivity index (χ0n) is 18.9. The van der Waals surface area contributed by atoms with Gasteiger partial charge in [0.25, 0.3) is 0 Å². The summed E-state index contributed by atoms with van der Waals surface area (Å²) in [6.07, 6.45) is 1.46. The molecular weight excluding hydrogens is 464 g/mol. The number of carbonyl (C=O) groups excluding carboxylic acids is 1. The van der Waals surface area contributed by atoms with Gasteiger partial charge in [-0.1, -0.05) is 55.5 Å². The molecule has 0 bridgehead atoms. The van der Waals surface area contributed by atoms with E-state index in [1.165, 1.54) is 0 Å². The molecule has 35 heavy (non-hydrogen) atoms. The number of hydrogen-bond acceptors (Lipinski definition) is 6. The van der Waals surface area contributed by atoms with E-state index in [0.717, 1.165) is 51.0 Å². The Kier molecular flexibility index (Phi) is 7.32. The third-order valence-corrected chi connectivity index (χ3v) is 5.58. The van der Waals surface area contributed by atoms with E-state index in [-0.39, 0.29) is 12.4 Å². The summed E-state index contributed by atoms with van der Waals surface area (Å²) in [7, 11) is 0. The lowest BCUT2D eigenvalue weighted by atomic mass is 9.98. The van der Waals surface area contributed by atoms with Crippen molar-refractivity contribution in [3.63, 3.8) is 0 Å². The summed E-state index contributed by atoms with van der Waals surface area (Å²) in [5.74, 6) is 1.30. The number of nitrogens with one attached hydrogen (secondary N) is 2. The van der Waals surface area contributed by atoms with E-state index < -0.39 is 0 Å². The Hall–Kier alpha value is -4.30. The first-order chi connectivity index (χ1) is 16.7. The van der Waals surface area contributed by atoms with Crippen LogP contribution in [0.1, 0.15) is 18.2 Å². The predicted molar refractivity (Wildman–Crippen MR) is 137 cm³/mol. The van der Waals surface area contributed by atoms with E-state index in [1.807, 2.05) is 60.7 Å². The standard InChI is InChI=1S/C26H22N6O2.ClH/c1-2-19-14-25(23-13-20(27-16-33)11-12-24(23)28-19)34-15-17-7-9-18(10-8-17)21-5-3-4-6-22(21)26-29-31-32-30-26;/h3-14,16H,2,15H2,1H3,(H,27,33)(H,29,30,31,32);1H. The first kappa shape index (κ1) is 23.8. The molecule has 0 fully saturated rings. The van der Waals surface area contributed by atoms with Crippen molar-refractivity contribution in [3.8, 4) is 28.3 Å². The van der Waals surface area contributed by atoms with E-state index in [0.29, 0.717) is 24.5 Å². The molecular formula is C26H23ClN6O2. The minimum absolute atomic E-state index is 0. The fraction of sp³-hybridized carbons (Fsp3) is 0.115. The van der Waals surface area contributed by atoms with Crippen LogP contribution in [-0.4, -0.2) is 32.0 Å². The molecule has 2 aromatic heterocycles. The molecule has 2 N–H and O–H groups in total. The predicted octanol–water partition coefficient (Wildman–Crippen LogP) is 5.21. The number of carbonyl (C=O) groups is 1. The maximum Gasteiger partial charge on any atom is 0.211 e. The number of halogens is 1. The second-order valence-electron chi connectivity index (χ2n) is 7.73. The summed E-state index contributed by atoms with van der Waals surface area (Å²) < 4.78 is 6.22. The molecule has 5 rings (SSSR count). The molecule has 0 saturated carbocycles. The number of hydrogen-bond donors (Lipinski definition) is 2. The zero-order valence-corrected chi connectivity index (χ0v) is 19.7. The molecule has 0 aliphatic rings. The van der Waals surface area contributed by atoms with Gasteiger partial charge in [-0.15, -0.1) is 22.6 Å². The molecule has 5 aromatic rings. The van der Waals surface area contributed by atoms with Crippen LogP contribution in [0.25, 0.3) is 33.4 Å². The Morgan fingerprint density at radius 1 is 1.00 bits per heavy atom. The molecule has 0 atom stereocenters. The summed E-state index contributed by atoms with van der Waals surface area (Å²) in [6.45, 7) is 2.46. The number of ether oxygens (including phenoxy) is 1. The fourth-order valence-electron chi connectivity index (χ4n) is 3.85. The first-order valence-corrected chi connectivity index (χ1v) is 10.9. The van der Waals surface area contributed by atoms with Crippen molar-refractivity contribution in [2.24, 2.45) is 0 Å². The highest BCUT2D eigenvalue weighted by atomic mass is 35.5. The number of benzene rings is 3. The Bertz CT molecular complexity index is 1440. The molecule has 8 nitrogen and oxygen atoms in total. The summed E-state index contributed by atoms with van der Waals surface area (Å²) >= 11 is 0. The molecule has 0 aliphatic carbocycles. The smallest absolute Gasteiger partial charge is 0.211 e. The van der Waals surface area contributed by atoms with Crippen LogP contribution in [0.4, 0.5) is 5.69 Å². The van der Waals surface area contributed by atoms with Gasteiger partial charge in [0.15, 0.2) is 0 Å². The van der Waals surface area contributed by atoms with Gasteiger partial charge in [0.2, 0.25) is 12.2 Å². The third kappa shape index (κ3) is 5.12. The number of pyridine rings is 1. The van der Waals surface area contributed by atoms with Gasteiger partial charge in [0, 0.05) is 28.4 Å². The second kappa shape index (κ2) is 10.8. The van der Waals surface area contributed by atoms with Crippen molar-refractivity contribution in [3.05, 3.63) is 84.1 Å². The van der Waals surface area contributed by atoms with E-state index in [4.69, 9.17) is 4.74 Å². The van der Waals surface area contributed by atoms with Gasteiger partial charge in [-0.25, -0.2) is 0 Å². The largest absolute Gasteiger partial charge is 0.488 e. The van der Waals surface area contributed by atoms with Crippen molar-refractivity contribution < 1.29 is 9.53 Å². The number of rotatable bonds is 8. The number of aromatic amines is 1. The van der Waals surface area contributed by atoms with Crippen LogP contribution in [0.5, 0.6) is 5.75 Å². The monoisotopic (exact) mass is 486 g/mol. The van der Waals surface area contributed by atoms with Crippen LogP contribution in [0, 0.1) is 0 Å². The summed E-state index contributed by atoms with van der Waals surface area (Å²) in [6, 6.07) is 23.7. The maximum absolute atomic E-state index is 10.9. The van der Waals surface area contributed by atoms with Crippen molar-refractivity contribution in [1.82, 2.24) is 25.6 Å². The highest BCUT2D eigenvalue weighted by Crippen LogP contribution is 2.31. The summed E-state index contributed by atoms with van der Waals surface area (Å²) in [5.41, 5.74) is 6.51. The molecule has 0 saturated heterocycles. The fourth-order valence-corrected chi connectivity index (χ4v) is 3.85. The number of fused-ring (bicyclic) bond motifs is 1. The topological polar surface area (TPSA) is 106 Å². The van der Waals surface area contributed by atoms with Crippen LogP contribution < -0.4 is 10.1 Å². The van der Waals surface area contributed by atoms with Crippen LogP contribution >= 0.6 is 12.4 Å². The average molecular weight is 487 g/mol. The van der Waals surface area contributed by atoms with E-state index in [9.17, 15) is 4.79 Å². The number of nitrogens with zero attached hydrogens (tertiary/aromatic N) is 4. The Balaban J connectivity index is 0.00000289. The molecule has 3 aromatic carbocycles. The van der Waals surface area contributed by atoms with Crippen molar-refractivity contribution in [2.45, 2.75) is 20.0 Å². The minimum Gasteiger partial charge on any atom is -0.488 e. The average Bonchev–Trinajstić information content (AvgIpc) is 3.43. The van der Waals surface area contributed by atoms with Gasteiger partial charge in [-0.3, -0.25) is 9.78 Å². The second-order valence-corrected chi connectivity index (χ2v) is 7.73. The maximum atomic E-state index is 10.9. The molecule has 176 valence electrons. The lowest BCUT2D eigenvalue weighted by Gasteiger charge is -2.13. The van der Waals surface area contributed by atoms with Crippen LogP contribution in [0.2, 0.25) is 0 Å². The van der Waals surface area contributed by atoms with E-state index in [1.54, 1.807) is 0 Å². The number of anilines is 1. The van der Waals surface area contributed by atoms with Gasteiger partial charge in [0.1, 0.15) is 12.4 Å². The molecule has 0 unspecified atom stereocenters. The normalized spacial score (nSPS) is 10.5. The molecule has 2 heterocycles. The Morgan fingerprint density at radius 2 is 1.80 bits per heavy atom. The van der Waals surface area contributed by atoms with Crippen LogP contribution in [0.15, 0.2) is 72.8 Å². The van der Waals surface area contributed by atoms with Gasteiger partial charge in [-0.05, 0) is 46.5 Å². The quantitative estimate of drug-likeness (QED) is 0.291. The molecule has 1 amide bonds. The van der Waals surface area contributed by atoms with Crippen molar-refractivity contribution >= 4 is 35.4 Å². The van der Waals surface area contributed by atoms with Gasteiger partial charge < -0.3 is 10.1 Å². The molecule has 0 aliphatic heterocycles. The number of H-pyrrole nitrogens is 1. The van der Waals surface area contributed by atoms with E-state index in [2.05, 4.69) is 50.0 Å². The molecule has 0 spiro atoms. The van der Waals surface area contributed by atoms with E-state index >= 15 is 0 Å². The first-order valence-electron chi connectivity index (χ1n) is 10.9. The van der Waals surface area contributed by atoms with Crippen molar-refractivity contribution in [1.29, 1.82) is 0 Å². The summed E-state index contributed by atoms with van der Waals surface area (Å²) in [5, 5.41) is 17.9. The number of aromatic nitrogens is 5. The van der Waals surface area contributed by atoms with Crippen LogP contribution in [0.3, 0.4) is 0 Å². The zero-order chi connectivity index (χ0) is 23.3. The summed E-state index contributed by atoms with van der Waals surface area (Å²) in [4.78, 5) is 15.5. The SMILES string of the molecule is CCc1cc(OCc2ccc(-c3ccccc3-c3nn[nH]n3)cc2)c2cc(NC=O)ccc2n1.Cl. The number of aryl methyl sites for hydroxylation is 1. The van der Waals surface area contributed by atoms with Gasteiger partial charge in [0.05, 0.1) is 5.52 Å². The lowest BCUT2D eigenvalue weighted by molar-refractivity contribution is -0.105. The third-order valence-electron chi connectivity index (χ3n) is 5.58. The number of amides is 1. The minimum atomic E-state index is 0. The van der Waals surface area contributed by atoms with Gasteiger partial charge in [-0.2, -0.15) is 5.21 Å². The molecule has 0 radical (unpaired) electrons. The Labute approximate surface area is 208 Å².